The molecule has 36 heavy (non-hydrogen) atoms. The van der Waals surface area contributed by atoms with E-state index in [1.165, 1.54) is 17.7 Å². The Bertz CT molecular complexity index is 1390. The molecular weight excluding hydrogens is 485 g/mol. The molecule has 9 nitrogen and oxygen atoms in total. The topological polar surface area (TPSA) is 108 Å². The molecule has 2 fully saturated rings. The highest BCUT2D eigenvalue weighted by molar-refractivity contribution is 7.99. The number of methoxy groups -OCH3 is 1. The van der Waals surface area contributed by atoms with E-state index in [9.17, 15) is 18.8 Å². The maximum atomic E-state index is 14.1. The molecule has 5 rings (SSSR count). The predicted molar refractivity (Wildman–Crippen MR) is 135 cm³/mol. The summed E-state index contributed by atoms with van der Waals surface area (Å²) in [4.78, 5) is 48.1. The van der Waals surface area contributed by atoms with E-state index in [1.54, 1.807) is 22.9 Å². The third kappa shape index (κ3) is 4.63. The molecule has 1 N–H and O–H groups in total. The molecule has 0 bridgehead atoms. The fourth-order valence-electron chi connectivity index (χ4n) is 5.27. The number of fused-ring (bicyclic) bond motifs is 1. The fraction of sp³-hybridized carbons (Fsp3) is 0.480. The number of halogens is 1. The third-order valence-electron chi connectivity index (χ3n) is 7.09. The van der Waals surface area contributed by atoms with Crippen LogP contribution in [-0.4, -0.2) is 49.7 Å². The van der Waals surface area contributed by atoms with Crippen molar-refractivity contribution in [2.24, 2.45) is 0 Å². The van der Waals surface area contributed by atoms with Crippen LogP contribution in [0.5, 0.6) is 5.88 Å². The van der Waals surface area contributed by atoms with E-state index in [2.05, 4.69) is 15.3 Å². The first-order valence-corrected chi connectivity index (χ1v) is 13.3. The van der Waals surface area contributed by atoms with Crippen LogP contribution in [0.2, 0.25) is 0 Å². The van der Waals surface area contributed by atoms with Gasteiger partial charge in [-0.15, -0.1) is 0 Å². The quantitative estimate of drug-likeness (QED) is 0.559. The molecule has 11 heteroatoms. The lowest BCUT2D eigenvalue weighted by Gasteiger charge is -2.31. The normalized spacial score (nSPS) is 20.8. The number of ether oxygens (including phenoxy) is 1. The van der Waals surface area contributed by atoms with Crippen LogP contribution < -0.4 is 21.3 Å². The van der Waals surface area contributed by atoms with Crippen molar-refractivity contribution in [1.82, 2.24) is 24.4 Å². The van der Waals surface area contributed by atoms with Gasteiger partial charge in [0.2, 0.25) is 5.88 Å². The van der Waals surface area contributed by atoms with Crippen LogP contribution in [0, 0.1) is 5.82 Å². The Kier molecular flexibility index (Phi) is 7.08. The van der Waals surface area contributed by atoms with E-state index in [-0.39, 0.29) is 46.6 Å². The molecule has 0 unspecified atom stereocenters. The number of carbonyl (C=O) groups excluding carboxylic acids is 1. The molecular formula is C25H28FN5O4S. The lowest BCUT2D eigenvalue weighted by Crippen LogP contribution is -2.46. The summed E-state index contributed by atoms with van der Waals surface area (Å²) >= 11 is 1.84. The van der Waals surface area contributed by atoms with Crippen molar-refractivity contribution in [3.8, 4) is 5.88 Å². The van der Waals surface area contributed by atoms with Crippen LogP contribution in [0.3, 0.4) is 0 Å². The van der Waals surface area contributed by atoms with Gasteiger partial charge in [-0.3, -0.25) is 18.7 Å². The Balaban J connectivity index is 1.41. The Morgan fingerprint density at radius 2 is 1.81 bits per heavy atom. The van der Waals surface area contributed by atoms with Crippen LogP contribution in [0.1, 0.15) is 61.0 Å². The molecule has 1 saturated heterocycles. The highest BCUT2D eigenvalue weighted by Crippen LogP contribution is 2.30. The lowest BCUT2D eigenvalue weighted by molar-refractivity contribution is 0.0918. The minimum absolute atomic E-state index is 0.0730. The molecule has 3 aromatic rings. The van der Waals surface area contributed by atoms with Gasteiger partial charge in [0.15, 0.2) is 0 Å². The first-order valence-electron chi connectivity index (χ1n) is 12.2. The number of nitrogens with zero attached hydrogens (tertiary/aromatic N) is 4. The summed E-state index contributed by atoms with van der Waals surface area (Å²) in [7, 11) is 1.46. The molecule has 190 valence electrons. The third-order valence-corrected chi connectivity index (χ3v) is 8.13. The van der Waals surface area contributed by atoms with Crippen molar-refractivity contribution >= 4 is 28.7 Å². The van der Waals surface area contributed by atoms with Crippen LogP contribution in [-0.2, 0) is 0 Å². The number of aromatic nitrogens is 4. The van der Waals surface area contributed by atoms with Gasteiger partial charge in [0.05, 0.1) is 18.7 Å². The SMILES string of the molecule is COc1ncccc1C(=O)N[C@H]1CC[C@@H](n2c(=O)c3cc(F)cnc3n(C3CCSCC3)c2=O)CC1. The van der Waals surface area contributed by atoms with Gasteiger partial charge in [-0.05, 0) is 68.2 Å². The zero-order valence-corrected chi connectivity index (χ0v) is 20.8. The highest BCUT2D eigenvalue weighted by atomic mass is 32.2. The summed E-state index contributed by atoms with van der Waals surface area (Å²) in [6, 6.07) is 4.00. The molecule has 1 aliphatic carbocycles. The van der Waals surface area contributed by atoms with E-state index < -0.39 is 11.4 Å². The van der Waals surface area contributed by atoms with E-state index in [0.29, 0.717) is 31.2 Å². The minimum atomic E-state index is -0.604. The van der Waals surface area contributed by atoms with Gasteiger partial charge in [-0.1, -0.05) is 0 Å². The number of nitrogens with one attached hydrogen (secondary N) is 1. The summed E-state index contributed by atoms with van der Waals surface area (Å²) in [5.41, 5.74) is -0.269. The number of rotatable bonds is 5. The number of thioether (sulfide) groups is 1. The molecule has 1 saturated carbocycles. The summed E-state index contributed by atoms with van der Waals surface area (Å²) in [6.07, 6.45) is 6.50. The Labute approximate surface area is 211 Å². The molecule has 4 heterocycles. The van der Waals surface area contributed by atoms with Crippen molar-refractivity contribution in [3.63, 3.8) is 0 Å². The number of pyridine rings is 2. The zero-order valence-electron chi connectivity index (χ0n) is 20.0. The van der Waals surface area contributed by atoms with E-state index in [0.717, 1.165) is 30.5 Å². The summed E-state index contributed by atoms with van der Waals surface area (Å²) in [5.74, 6) is 1.23. The van der Waals surface area contributed by atoms with E-state index >= 15 is 0 Å². The van der Waals surface area contributed by atoms with Crippen LogP contribution >= 0.6 is 11.8 Å². The predicted octanol–water partition coefficient (Wildman–Crippen LogP) is 3.08. The maximum Gasteiger partial charge on any atom is 0.333 e. The number of hydrogen-bond donors (Lipinski definition) is 1. The van der Waals surface area contributed by atoms with Crippen LogP contribution in [0.25, 0.3) is 11.0 Å². The average molecular weight is 514 g/mol. The summed E-state index contributed by atoms with van der Waals surface area (Å²) in [6.45, 7) is 0. The second-order valence-corrected chi connectivity index (χ2v) is 10.5. The number of hydrogen-bond acceptors (Lipinski definition) is 7. The molecule has 1 amide bonds. The Hall–Kier alpha value is -3.21. The van der Waals surface area contributed by atoms with Gasteiger partial charge in [-0.2, -0.15) is 11.8 Å². The first-order chi connectivity index (χ1) is 17.5. The standard InChI is InChI=1S/C25H28FN5O4S/c1-35-23-19(3-2-10-27-23)22(32)29-16-4-6-17(7-5-16)31-24(33)20-13-15(26)14-28-21(20)30(25(31)34)18-8-11-36-12-9-18/h2-3,10,13-14,16-18H,4-9,11-12H2,1H3,(H,29,32)/t16-,17+. The largest absolute Gasteiger partial charge is 0.480 e. The Morgan fingerprint density at radius 1 is 1.08 bits per heavy atom. The van der Waals surface area contributed by atoms with Crippen molar-refractivity contribution in [2.75, 3.05) is 18.6 Å². The number of amides is 1. The maximum absolute atomic E-state index is 14.1. The number of carbonyl (C=O) groups is 1. The van der Waals surface area contributed by atoms with Gasteiger partial charge < -0.3 is 10.1 Å². The first kappa shape index (κ1) is 24.5. The van der Waals surface area contributed by atoms with Gasteiger partial charge >= 0.3 is 5.69 Å². The van der Waals surface area contributed by atoms with Gasteiger partial charge in [-0.25, -0.2) is 19.2 Å². The van der Waals surface area contributed by atoms with Crippen molar-refractivity contribution in [2.45, 2.75) is 56.7 Å². The molecule has 0 radical (unpaired) electrons. The van der Waals surface area contributed by atoms with Gasteiger partial charge in [0.25, 0.3) is 11.5 Å². The molecule has 0 aromatic carbocycles. The lowest BCUT2D eigenvalue weighted by atomic mass is 9.90. The van der Waals surface area contributed by atoms with Crippen molar-refractivity contribution in [3.05, 3.63) is 62.8 Å². The van der Waals surface area contributed by atoms with Crippen LogP contribution in [0.15, 0.2) is 40.2 Å². The van der Waals surface area contributed by atoms with E-state index in [1.807, 2.05) is 11.8 Å². The summed E-state index contributed by atoms with van der Waals surface area (Å²) in [5, 5.41) is 3.15. The fourth-order valence-corrected chi connectivity index (χ4v) is 6.35. The molecule has 0 spiro atoms. The van der Waals surface area contributed by atoms with E-state index in [4.69, 9.17) is 4.74 Å². The van der Waals surface area contributed by atoms with Crippen LogP contribution in [0.4, 0.5) is 4.39 Å². The van der Waals surface area contributed by atoms with Crippen molar-refractivity contribution < 1.29 is 13.9 Å². The average Bonchev–Trinajstić information content (AvgIpc) is 2.90. The monoisotopic (exact) mass is 513 g/mol. The second-order valence-electron chi connectivity index (χ2n) is 9.24. The molecule has 2 aliphatic rings. The molecule has 3 aromatic heterocycles. The highest BCUT2D eigenvalue weighted by Gasteiger charge is 2.30. The van der Waals surface area contributed by atoms with Crippen molar-refractivity contribution in [1.29, 1.82) is 0 Å². The summed E-state index contributed by atoms with van der Waals surface area (Å²) < 4.78 is 22.2. The smallest absolute Gasteiger partial charge is 0.333 e. The van der Waals surface area contributed by atoms with Gasteiger partial charge in [0.1, 0.15) is 17.0 Å². The zero-order chi connectivity index (χ0) is 25.2. The Morgan fingerprint density at radius 3 is 2.53 bits per heavy atom. The van der Waals surface area contributed by atoms with Gasteiger partial charge in [0, 0.05) is 24.3 Å². The molecule has 0 atom stereocenters. The second kappa shape index (κ2) is 10.4. The molecule has 1 aliphatic heterocycles. The minimum Gasteiger partial charge on any atom is -0.480 e.